The van der Waals surface area contributed by atoms with E-state index in [1.165, 1.54) is 0 Å². The van der Waals surface area contributed by atoms with Crippen LogP contribution >= 0.6 is 0 Å². The summed E-state index contributed by atoms with van der Waals surface area (Å²) in [6.07, 6.45) is 3.84. The molecule has 2 amide bonds. The first kappa shape index (κ1) is 15.8. The first-order valence-electron chi connectivity index (χ1n) is 7.23. The molecule has 2 unspecified atom stereocenters. The molecule has 0 spiro atoms. The van der Waals surface area contributed by atoms with E-state index in [1.807, 2.05) is 6.92 Å². The molecule has 0 bridgehead atoms. The molecule has 0 heterocycles. The number of carboxylic acid groups (broad SMARTS) is 1. The average Bonchev–Trinajstić information content (AvgIpc) is 2.38. The van der Waals surface area contributed by atoms with Crippen LogP contribution in [0.25, 0.3) is 0 Å². The Balaban J connectivity index is 2.29. The van der Waals surface area contributed by atoms with Crippen molar-refractivity contribution in [3.05, 3.63) is 0 Å². The molecule has 0 radical (unpaired) electrons. The third-order valence-electron chi connectivity index (χ3n) is 4.27. The van der Waals surface area contributed by atoms with Crippen LogP contribution in [0.4, 0.5) is 4.79 Å². The molecular weight excluding hydrogens is 244 g/mol. The molecule has 1 aliphatic rings. The van der Waals surface area contributed by atoms with Gasteiger partial charge in [0.15, 0.2) is 0 Å². The summed E-state index contributed by atoms with van der Waals surface area (Å²) in [5, 5.41) is 14.8. The number of nitrogens with one attached hydrogen (secondary N) is 2. The zero-order valence-corrected chi connectivity index (χ0v) is 12.1. The quantitative estimate of drug-likeness (QED) is 0.717. The number of carbonyl (C=O) groups is 2. The molecule has 2 atom stereocenters. The number of carbonyl (C=O) groups excluding carboxylic acids is 1. The highest BCUT2D eigenvalue weighted by Gasteiger charge is 2.27. The summed E-state index contributed by atoms with van der Waals surface area (Å²) in [4.78, 5) is 22.7. The van der Waals surface area contributed by atoms with Gasteiger partial charge >= 0.3 is 12.0 Å². The van der Waals surface area contributed by atoms with Gasteiger partial charge in [0.2, 0.25) is 0 Å². The average molecular weight is 270 g/mol. The van der Waals surface area contributed by atoms with Crippen molar-refractivity contribution in [3.8, 4) is 0 Å². The summed E-state index contributed by atoms with van der Waals surface area (Å²) in [5.41, 5.74) is 0. The minimum atomic E-state index is -0.715. The Morgan fingerprint density at radius 1 is 1.21 bits per heavy atom. The maximum atomic E-state index is 11.8. The van der Waals surface area contributed by atoms with Crippen LogP contribution in [0, 0.1) is 11.8 Å². The summed E-state index contributed by atoms with van der Waals surface area (Å²) >= 11 is 0. The van der Waals surface area contributed by atoms with Gasteiger partial charge in [0, 0.05) is 12.1 Å². The van der Waals surface area contributed by atoms with Crippen molar-refractivity contribution in [2.45, 2.75) is 65.0 Å². The third kappa shape index (κ3) is 5.09. The van der Waals surface area contributed by atoms with Crippen molar-refractivity contribution < 1.29 is 14.7 Å². The van der Waals surface area contributed by atoms with Crippen LogP contribution in [0.2, 0.25) is 0 Å². The van der Waals surface area contributed by atoms with Crippen LogP contribution < -0.4 is 10.6 Å². The van der Waals surface area contributed by atoms with Gasteiger partial charge in [-0.05, 0) is 38.5 Å². The van der Waals surface area contributed by atoms with Crippen molar-refractivity contribution in [1.82, 2.24) is 10.6 Å². The molecule has 1 rings (SSSR count). The first-order valence-corrected chi connectivity index (χ1v) is 7.23. The molecule has 1 saturated carbocycles. The lowest BCUT2D eigenvalue weighted by Crippen LogP contribution is -2.48. The molecule has 0 aliphatic heterocycles. The summed E-state index contributed by atoms with van der Waals surface area (Å²) in [7, 11) is 0. The van der Waals surface area contributed by atoms with Gasteiger partial charge < -0.3 is 15.7 Å². The van der Waals surface area contributed by atoms with Gasteiger partial charge in [-0.3, -0.25) is 4.79 Å². The smallest absolute Gasteiger partial charge is 0.315 e. The summed E-state index contributed by atoms with van der Waals surface area (Å²) in [6.45, 7) is 6.23. The van der Waals surface area contributed by atoms with Crippen LogP contribution in [-0.2, 0) is 4.79 Å². The van der Waals surface area contributed by atoms with E-state index in [2.05, 4.69) is 24.5 Å². The van der Waals surface area contributed by atoms with Gasteiger partial charge in [0.05, 0.1) is 5.92 Å². The van der Waals surface area contributed by atoms with E-state index in [-0.39, 0.29) is 24.0 Å². The van der Waals surface area contributed by atoms with Crippen LogP contribution in [-0.4, -0.2) is 29.2 Å². The highest BCUT2D eigenvalue weighted by Crippen LogP contribution is 2.24. The molecular formula is C14H26N2O3. The Labute approximate surface area is 115 Å². The van der Waals surface area contributed by atoms with Gasteiger partial charge in [0.1, 0.15) is 0 Å². The fourth-order valence-electron chi connectivity index (χ4n) is 2.41. The van der Waals surface area contributed by atoms with E-state index in [1.54, 1.807) is 0 Å². The first-order chi connectivity index (χ1) is 8.93. The molecule has 3 N–H and O–H groups in total. The van der Waals surface area contributed by atoms with E-state index in [0.29, 0.717) is 18.8 Å². The molecule has 5 heteroatoms. The fourth-order valence-corrected chi connectivity index (χ4v) is 2.41. The van der Waals surface area contributed by atoms with Gasteiger partial charge in [0.25, 0.3) is 0 Å². The second kappa shape index (κ2) is 7.36. The lowest BCUT2D eigenvalue weighted by molar-refractivity contribution is -0.142. The van der Waals surface area contributed by atoms with E-state index < -0.39 is 5.97 Å². The summed E-state index contributed by atoms with van der Waals surface area (Å²) < 4.78 is 0. The van der Waals surface area contributed by atoms with Gasteiger partial charge in [-0.15, -0.1) is 0 Å². The Morgan fingerprint density at radius 3 is 2.26 bits per heavy atom. The fraction of sp³-hybridized carbons (Fsp3) is 0.857. The van der Waals surface area contributed by atoms with E-state index in [0.717, 1.165) is 19.3 Å². The second-order valence-corrected chi connectivity index (χ2v) is 5.68. The topological polar surface area (TPSA) is 78.4 Å². The predicted molar refractivity (Wildman–Crippen MR) is 74.0 cm³/mol. The van der Waals surface area contributed by atoms with Crippen molar-refractivity contribution >= 4 is 12.0 Å². The van der Waals surface area contributed by atoms with Crippen LogP contribution in [0.5, 0.6) is 0 Å². The lowest BCUT2D eigenvalue weighted by atomic mass is 9.86. The van der Waals surface area contributed by atoms with E-state index in [4.69, 9.17) is 5.11 Å². The molecule has 0 aromatic rings. The Morgan fingerprint density at radius 2 is 1.79 bits per heavy atom. The highest BCUT2D eigenvalue weighted by atomic mass is 16.4. The summed E-state index contributed by atoms with van der Waals surface area (Å²) in [5.74, 6) is -0.498. The van der Waals surface area contributed by atoms with Crippen LogP contribution in [0.3, 0.4) is 0 Å². The van der Waals surface area contributed by atoms with Gasteiger partial charge in [-0.2, -0.15) is 0 Å². The molecule has 5 nitrogen and oxygen atoms in total. The molecule has 1 fully saturated rings. The minimum absolute atomic E-state index is 0.111. The molecule has 0 aromatic heterocycles. The Kier molecular flexibility index (Phi) is 6.12. The molecule has 1 aliphatic carbocycles. The number of rotatable bonds is 5. The standard InChI is InChI=1S/C14H26N2O3/c1-4-9(2)10(3)15-14(19)16-12-7-5-11(6-8-12)13(17)18/h9-12H,4-8H2,1-3H3,(H,17,18)(H2,15,16,19). The van der Waals surface area contributed by atoms with Crippen LogP contribution in [0.15, 0.2) is 0 Å². The van der Waals surface area contributed by atoms with Crippen molar-refractivity contribution in [3.63, 3.8) is 0 Å². The number of carboxylic acids is 1. The maximum Gasteiger partial charge on any atom is 0.315 e. The SMILES string of the molecule is CCC(C)C(C)NC(=O)NC1CCC(C(=O)O)CC1. The van der Waals surface area contributed by atoms with Crippen molar-refractivity contribution in [2.75, 3.05) is 0 Å². The number of urea groups is 1. The Hall–Kier alpha value is -1.26. The number of hydrogen-bond donors (Lipinski definition) is 3. The molecule has 110 valence electrons. The monoisotopic (exact) mass is 270 g/mol. The Bertz CT molecular complexity index is 312. The minimum Gasteiger partial charge on any atom is -0.481 e. The normalized spacial score (nSPS) is 26.3. The maximum absolute atomic E-state index is 11.8. The number of aliphatic carboxylic acids is 1. The predicted octanol–water partition coefficient (Wildman–Crippen LogP) is 2.36. The van der Waals surface area contributed by atoms with Crippen molar-refractivity contribution in [1.29, 1.82) is 0 Å². The second-order valence-electron chi connectivity index (χ2n) is 5.68. The van der Waals surface area contributed by atoms with Crippen molar-refractivity contribution in [2.24, 2.45) is 11.8 Å². The van der Waals surface area contributed by atoms with Crippen LogP contribution in [0.1, 0.15) is 52.9 Å². The van der Waals surface area contributed by atoms with Gasteiger partial charge in [-0.1, -0.05) is 20.3 Å². The van der Waals surface area contributed by atoms with E-state index >= 15 is 0 Å². The third-order valence-corrected chi connectivity index (χ3v) is 4.27. The highest BCUT2D eigenvalue weighted by molar-refractivity contribution is 5.74. The summed E-state index contributed by atoms with van der Waals surface area (Å²) in [6, 6.07) is 0.131. The molecule has 0 saturated heterocycles. The lowest BCUT2D eigenvalue weighted by Gasteiger charge is -2.28. The zero-order chi connectivity index (χ0) is 14.4. The molecule has 19 heavy (non-hydrogen) atoms. The van der Waals surface area contributed by atoms with Gasteiger partial charge in [-0.25, -0.2) is 4.79 Å². The number of hydrogen-bond acceptors (Lipinski definition) is 2. The number of amides is 2. The largest absolute Gasteiger partial charge is 0.481 e. The zero-order valence-electron chi connectivity index (χ0n) is 12.1. The van der Waals surface area contributed by atoms with E-state index in [9.17, 15) is 9.59 Å². The molecule has 0 aromatic carbocycles.